The second-order valence-corrected chi connectivity index (χ2v) is 8.67. The molecule has 0 heterocycles. The molecule has 1 N–H and O–H groups in total. The smallest absolute Gasteiger partial charge is 0.178 e. The van der Waals surface area contributed by atoms with Crippen molar-refractivity contribution < 1.29 is 16.8 Å². The average Bonchev–Trinajstić information content (AvgIpc) is 2.35. The molecule has 108 valence electrons. The van der Waals surface area contributed by atoms with Crippen LogP contribution in [0.2, 0.25) is 0 Å². The summed E-state index contributed by atoms with van der Waals surface area (Å²) in [6, 6.07) is 5.45. The molecule has 19 heavy (non-hydrogen) atoms. The van der Waals surface area contributed by atoms with Gasteiger partial charge in [0.05, 0.1) is 15.5 Å². The average molecular weight is 305 g/mol. The van der Waals surface area contributed by atoms with E-state index in [1.807, 2.05) is 6.92 Å². The molecule has 1 aromatic rings. The van der Waals surface area contributed by atoms with Crippen LogP contribution in [0.3, 0.4) is 0 Å². The molecule has 5 nitrogen and oxygen atoms in total. The highest BCUT2D eigenvalue weighted by Crippen LogP contribution is 2.16. The predicted molar refractivity (Wildman–Crippen MR) is 74.7 cm³/mol. The van der Waals surface area contributed by atoms with Crippen molar-refractivity contribution in [3.8, 4) is 0 Å². The first-order valence-electron chi connectivity index (χ1n) is 5.87. The highest BCUT2D eigenvalue weighted by Gasteiger charge is 2.16. The van der Waals surface area contributed by atoms with E-state index in [2.05, 4.69) is 5.32 Å². The van der Waals surface area contributed by atoms with Crippen LogP contribution >= 0.6 is 0 Å². The lowest BCUT2D eigenvalue weighted by Gasteiger charge is -2.10. The molecule has 1 unspecified atom stereocenters. The Balaban J connectivity index is 2.91. The molecule has 0 aliphatic rings. The Kier molecular flexibility index (Phi) is 5.11. The van der Waals surface area contributed by atoms with E-state index in [4.69, 9.17) is 0 Å². The van der Waals surface area contributed by atoms with Gasteiger partial charge in [-0.25, -0.2) is 16.8 Å². The third-order valence-corrected chi connectivity index (χ3v) is 5.82. The van der Waals surface area contributed by atoms with Crippen molar-refractivity contribution in [3.63, 3.8) is 0 Å². The molecule has 0 spiro atoms. The van der Waals surface area contributed by atoms with Crippen LogP contribution in [0.5, 0.6) is 0 Å². The Bertz CT molecular complexity index is 618. The van der Waals surface area contributed by atoms with E-state index in [-0.39, 0.29) is 21.6 Å². The van der Waals surface area contributed by atoms with Crippen LogP contribution in [0.4, 0.5) is 0 Å². The summed E-state index contributed by atoms with van der Waals surface area (Å²) in [4.78, 5) is 0.276. The quantitative estimate of drug-likeness (QED) is 0.843. The number of nitrogens with one attached hydrogen (secondary N) is 1. The highest BCUT2D eigenvalue weighted by molar-refractivity contribution is 7.91. The summed E-state index contributed by atoms with van der Waals surface area (Å²) in [6.45, 7) is 1.91. The second-order valence-electron chi connectivity index (χ2n) is 4.54. The van der Waals surface area contributed by atoms with Crippen molar-refractivity contribution in [2.45, 2.75) is 29.2 Å². The fourth-order valence-electron chi connectivity index (χ4n) is 1.49. The summed E-state index contributed by atoms with van der Waals surface area (Å²) in [5.41, 5.74) is 0. The van der Waals surface area contributed by atoms with Gasteiger partial charge < -0.3 is 5.32 Å². The van der Waals surface area contributed by atoms with Gasteiger partial charge in [0, 0.05) is 12.3 Å². The predicted octanol–water partition coefficient (Wildman–Crippen LogP) is 0.862. The first-order valence-corrected chi connectivity index (χ1v) is 9.41. The zero-order chi connectivity index (χ0) is 14.7. The van der Waals surface area contributed by atoms with E-state index in [0.29, 0.717) is 6.42 Å². The normalized spacial score (nSPS) is 14.3. The topological polar surface area (TPSA) is 80.3 Å². The second kappa shape index (κ2) is 6.02. The number of sulfone groups is 2. The maximum atomic E-state index is 12.0. The van der Waals surface area contributed by atoms with Gasteiger partial charge in [0.1, 0.15) is 0 Å². The summed E-state index contributed by atoms with van der Waals surface area (Å²) in [5, 5.41) is 2.97. The van der Waals surface area contributed by atoms with E-state index >= 15 is 0 Å². The number of benzene rings is 1. The van der Waals surface area contributed by atoms with Crippen molar-refractivity contribution in [3.05, 3.63) is 24.3 Å². The fourth-order valence-corrected chi connectivity index (χ4v) is 3.57. The summed E-state index contributed by atoms with van der Waals surface area (Å²) in [6.07, 6.45) is 1.60. The maximum absolute atomic E-state index is 12.0. The Labute approximate surface area is 114 Å². The summed E-state index contributed by atoms with van der Waals surface area (Å²) >= 11 is 0. The molecule has 0 aromatic heterocycles. The molecular formula is C12H19NO4S2. The molecule has 0 saturated heterocycles. The third-order valence-electron chi connectivity index (χ3n) is 2.92. The zero-order valence-corrected chi connectivity index (χ0v) is 12.9. The van der Waals surface area contributed by atoms with Gasteiger partial charge in [0.2, 0.25) is 0 Å². The molecule has 1 atom stereocenters. The Hall–Kier alpha value is -0.920. The van der Waals surface area contributed by atoms with E-state index in [9.17, 15) is 16.8 Å². The van der Waals surface area contributed by atoms with Crippen molar-refractivity contribution in [2.24, 2.45) is 0 Å². The fraction of sp³-hybridized carbons (Fsp3) is 0.500. The minimum Gasteiger partial charge on any atom is -0.317 e. The van der Waals surface area contributed by atoms with Crippen LogP contribution in [0.1, 0.15) is 13.3 Å². The van der Waals surface area contributed by atoms with Crippen LogP contribution in [0, 0.1) is 0 Å². The third kappa shape index (κ3) is 4.59. The van der Waals surface area contributed by atoms with Crippen LogP contribution in [-0.2, 0) is 19.7 Å². The monoisotopic (exact) mass is 305 g/mol. The van der Waals surface area contributed by atoms with Crippen LogP contribution < -0.4 is 5.32 Å². The van der Waals surface area contributed by atoms with Crippen molar-refractivity contribution in [2.75, 3.05) is 19.1 Å². The van der Waals surface area contributed by atoms with Gasteiger partial charge in [0.25, 0.3) is 0 Å². The van der Waals surface area contributed by atoms with Crippen molar-refractivity contribution in [1.82, 2.24) is 5.32 Å². The van der Waals surface area contributed by atoms with E-state index in [1.165, 1.54) is 24.3 Å². The lowest BCUT2D eigenvalue weighted by Crippen LogP contribution is -2.24. The van der Waals surface area contributed by atoms with Crippen molar-refractivity contribution >= 4 is 19.7 Å². The van der Waals surface area contributed by atoms with Gasteiger partial charge in [-0.2, -0.15) is 0 Å². The van der Waals surface area contributed by atoms with Crippen LogP contribution in [0.25, 0.3) is 0 Å². The van der Waals surface area contributed by atoms with Crippen LogP contribution in [-0.4, -0.2) is 41.9 Å². The van der Waals surface area contributed by atoms with Gasteiger partial charge in [-0.1, -0.05) is 0 Å². The molecule has 0 bridgehead atoms. The molecular weight excluding hydrogens is 286 g/mol. The van der Waals surface area contributed by atoms with E-state index in [0.717, 1.165) is 6.26 Å². The Morgan fingerprint density at radius 2 is 1.53 bits per heavy atom. The van der Waals surface area contributed by atoms with Gasteiger partial charge in [-0.05, 0) is 44.7 Å². The SMILES string of the molecule is CNC(C)CCS(=O)(=O)c1ccc(S(C)(=O)=O)cc1. The van der Waals surface area contributed by atoms with E-state index < -0.39 is 19.7 Å². The Morgan fingerprint density at radius 3 is 1.95 bits per heavy atom. The largest absolute Gasteiger partial charge is 0.317 e. The standard InChI is InChI=1S/C12H19NO4S2/c1-10(13-2)8-9-19(16,17)12-6-4-11(5-7-12)18(3,14)15/h4-7,10,13H,8-9H2,1-3H3. The minimum atomic E-state index is -3.36. The highest BCUT2D eigenvalue weighted by atomic mass is 32.2. The summed E-state index contributed by atoms with van der Waals surface area (Å²) in [5.74, 6) is 0.0349. The maximum Gasteiger partial charge on any atom is 0.178 e. The first-order chi connectivity index (χ1) is 8.66. The molecule has 7 heteroatoms. The Morgan fingerprint density at radius 1 is 1.05 bits per heavy atom. The molecule has 0 fully saturated rings. The molecule has 0 aliphatic carbocycles. The van der Waals surface area contributed by atoms with Crippen LogP contribution in [0.15, 0.2) is 34.1 Å². The number of hydrogen-bond acceptors (Lipinski definition) is 5. The zero-order valence-electron chi connectivity index (χ0n) is 11.3. The molecule has 1 rings (SSSR count). The lowest BCUT2D eigenvalue weighted by molar-refractivity contribution is 0.565. The molecule has 0 radical (unpaired) electrons. The summed E-state index contributed by atoms with van der Waals surface area (Å²) < 4.78 is 46.7. The molecule has 0 amide bonds. The van der Waals surface area contributed by atoms with Gasteiger partial charge in [-0.3, -0.25) is 0 Å². The first kappa shape index (κ1) is 16.1. The number of hydrogen-bond donors (Lipinski definition) is 1. The molecule has 0 aliphatic heterocycles. The minimum absolute atomic E-state index is 0.0349. The number of rotatable bonds is 6. The van der Waals surface area contributed by atoms with Crippen molar-refractivity contribution in [1.29, 1.82) is 0 Å². The van der Waals surface area contributed by atoms with Gasteiger partial charge >= 0.3 is 0 Å². The summed E-state index contributed by atoms with van der Waals surface area (Å²) in [7, 11) is -4.89. The lowest BCUT2D eigenvalue weighted by atomic mass is 10.3. The van der Waals surface area contributed by atoms with E-state index in [1.54, 1.807) is 7.05 Å². The molecule has 0 saturated carbocycles. The molecule has 1 aromatic carbocycles. The van der Waals surface area contributed by atoms with Gasteiger partial charge in [0.15, 0.2) is 19.7 Å². The van der Waals surface area contributed by atoms with Gasteiger partial charge in [-0.15, -0.1) is 0 Å².